The van der Waals surface area contributed by atoms with Crippen LogP contribution in [0.15, 0.2) is 57.5 Å². The smallest absolute Gasteiger partial charge is 0.283 e. The van der Waals surface area contributed by atoms with Gasteiger partial charge in [-0.2, -0.15) is 12.8 Å². The fourth-order valence-corrected chi connectivity index (χ4v) is 2.99. The van der Waals surface area contributed by atoms with E-state index in [9.17, 15) is 8.42 Å². The quantitative estimate of drug-likeness (QED) is 0.805. The van der Waals surface area contributed by atoms with Crippen LogP contribution in [0.1, 0.15) is 0 Å². The van der Waals surface area contributed by atoms with Gasteiger partial charge >= 0.3 is 0 Å². The standard InChI is InChI=1S/C13H13ClN2O2S/c1-16-8-4-5-11(10-16)9-15-19(17,18)13-7-3-2-6-12(13)14/h2-7,9-10H,8H2,1H3. The minimum atomic E-state index is -3.76. The second-order valence-electron chi connectivity index (χ2n) is 4.11. The highest BCUT2D eigenvalue weighted by molar-refractivity contribution is 7.90. The fraction of sp³-hybridized carbons (Fsp3) is 0.154. The van der Waals surface area contributed by atoms with Crippen LogP contribution in [0.3, 0.4) is 0 Å². The molecule has 0 radical (unpaired) electrons. The lowest BCUT2D eigenvalue weighted by atomic mass is 10.2. The first-order valence-electron chi connectivity index (χ1n) is 5.62. The van der Waals surface area contributed by atoms with Gasteiger partial charge in [0.15, 0.2) is 0 Å². The van der Waals surface area contributed by atoms with Crippen molar-refractivity contribution in [2.75, 3.05) is 13.6 Å². The zero-order chi connectivity index (χ0) is 13.9. The molecular weight excluding hydrogens is 284 g/mol. The van der Waals surface area contributed by atoms with Gasteiger partial charge in [0.1, 0.15) is 4.90 Å². The molecule has 0 saturated carbocycles. The maximum Gasteiger partial charge on any atom is 0.283 e. The van der Waals surface area contributed by atoms with Crippen LogP contribution in [0, 0.1) is 0 Å². The molecule has 0 atom stereocenters. The normalized spacial score (nSPS) is 15.9. The van der Waals surface area contributed by atoms with Gasteiger partial charge in [-0.05, 0) is 12.1 Å². The summed E-state index contributed by atoms with van der Waals surface area (Å²) in [6.07, 6.45) is 6.91. The first kappa shape index (κ1) is 13.8. The van der Waals surface area contributed by atoms with E-state index in [1.54, 1.807) is 12.1 Å². The third-order valence-corrected chi connectivity index (χ3v) is 4.26. The second kappa shape index (κ2) is 5.59. The molecule has 0 amide bonds. The number of hydrogen-bond donors (Lipinski definition) is 0. The van der Waals surface area contributed by atoms with E-state index in [1.807, 2.05) is 30.3 Å². The summed E-state index contributed by atoms with van der Waals surface area (Å²) < 4.78 is 27.7. The lowest BCUT2D eigenvalue weighted by Gasteiger charge is -2.15. The van der Waals surface area contributed by atoms with Crippen LogP contribution < -0.4 is 0 Å². The Kier molecular flexibility index (Phi) is 4.07. The number of nitrogens with zero attached hydrogens (tertiary/aromatic N) is 2. The van der Waals surface area contributed by atoms with E-state index >= 15 is 0 Å². The Morgan fingerprint density at radius 2 is 2.11 bits per heavy atom. The van der Waals surface area contributed by atoms with Gasteiger partial charge < -0.3 is 4.90 Å². The molecule has 1 aromatic rings. The highest BCUT2D eigenvalue weighted by Crippen LogP contribution is 2.22. The number of hydrogen-bond acceptors (Lipinski definition) is 3. The predicted molar refractivity (Wildman–Crippen MR) is 77.0 cm³/mol. The van der Waals surface area contributed by atoms with Crippen molar-refractivity contribution >= 4 is 27.8 Å². The van der Waals surface area contributed by atoms with E-state index in [0.717, 1.165) is 12.1 Å². The zero-order valence-corrected chi connectivity index (χ0v) is 11.9. The zero-order valence-electron chi connectivity index (χ0n) is 10.3. The molecule has 0 unspecified atom stereocenters. The molecule has 0 N–H and O–H groups in total. The molecule has 0 fully saturated rings. The van der Waals surface area contributed by atoms with E-state index in [1.165, 1.54) is 18.3 Å². The number of benzene rings is 1. The number of sulfonamides is 1. The van der Waals surface area contributed by atoms with E-state index in [2.05, 4.69) is 4.40 Å². The summed E-state index contributed by atoms with van der Waals surface area (Å²) in [6.45, 7) is 0.800. The molecule has 1 aliphatic rings. The monoisotopic (exact) mass is 296 g/mol. The van der Waals surface area contributed by atoms with Gasteiger partial charge in [-0.25, -0.2) is 0 Å². The maximum absolute atomic E-state index is 12.0. The molecule has 100 valence electrons. The third-order valence-electron chi connectivity index (χ3n) is 2.53. The number of likely N-dealkylation sites (N-methyl/N-ethyl adjacent to an activating group) is 1. The van der Waals surface area contributed by atoms with Crippen LogP contribution in [0.5, 0.6) is 0 Å². The molecule has 6 heteroatoms. The van der Waals surface area contributed by atoms with Crippen molar-refractivity contribution in [3.63, 3.8) is 0 Å². The van der Waals surface area contributed by atoms with Gasteiger partial charge in [0.05, 0.1) is 5.02 Å². The fourth-order valence-electron chi connectivity index (χ4n) is 1.62. The Bertz CT molecular complexity index is 663. The van der Waals surface area contributed by atoms with Crippen molar-refractivity contribution in [3.05, 3.63) is 53.2 Å². The topological polar surface area (TPSA) is 49.7 Å². The molecule has 4 nitrogen and oxygen atoms in total. The molecule has 1 aliphatic heterocycles. The summed E-state index contributed by atoms with van der Waals surface area (Å²) in [6, 6.07) is 6.25. The largest absolute Gasteiger partial charge is 0.376 e. The van der Waals surface area contributed by atoms with Crippen molar-refractivity contribution in [2.45, 2.75) is 4.90 Å². The van der Waals surface area contributed by atoms with Crippen LogP contribution in [-0.4, -0.2) is 33.1 Å². The van der Waals surface area contributed by atoms with E-state index in [4.69, 9.17) is 11.6 Å². The van der Waals surface area contributed by atoms with Crippen molar-refractivity contribution in [3.8, 4) is 0 Å². The third kappa shape index (κ3) is 3.45. The second-order valence-corrected chi connectivity index (χ2v) is 6.12. The summed E-state index contributed by atoms with van der Waals surface area (Å²) in [5, 5.41) is 0.171. The van der Waals surface area contributed by atoms with Crippen molar-refractivity contribution in [1.29, 1.82) is 0 Å². The average Bonchev–Trinajstić information content (AvgIpc) is 2.37. The number of allylic oxidation sites excluding steroid dienone is 2. The minimum Gasteiger partial charge on any atom is -0.376 e. The number of halogens is 1. The Balaban J connectivity index is 2.28. The van der Waals surface area contributed by atoms with Crippen LogP contribution in [-0.2, 0) is 10.0 Å². The summed E-state index contributed by atoms with van der Waals surface area (Å²) in [5.74, 6) is 0. The predicted octanol–water partition coefficient (Wildman–Crippen LogP) is 2.49. The van der Waals surface area contributed by atoms with Crippen LogP contribution in [0.4, 0.5) is 0 Å². The SMILES string of the molecule is CN1C=C(C=NS(=O)(=O)c2ccccc2Cl)C=CC1. The van der Waals surface area contributed by atoms with Gasteiger partial charge in [0.25, 0.3) is 10.0 Å². The lowest BCUT2D eigenvalue weighted by molar-refractivity contribution is 0.503. The summed E-state index contributed by atoms with van der Waals surface area (Å²) >= 11 is 5.86. The molecule has 0 saturated heterocycles. The summed E-state index contributed by atoms with van der Waals surface area (Å²) in [5.41, 5.74) is 0.726. The van der Waals surface area contributed by atoms with E-state index in [0.29, 0.717) is 0 Å². The first-order valence-corrected chi connectivity index (χ1v) is 7.44. The molecule has 0 aliphatic carbocycles. The Morgan fingerprint density at radius 3 is 2.79 bits per heavy atom. The Hall–Kier alpha value is -1.59. The van der Waals surface area contributed by atoms with Crippen molar-refractivity contribution in [2.24, 2.45) is 4.40 Å². The molecule has 1 aromatic carbocycles. The van der Waals surface area contributed by atoms with Gasteiger partial charge in [-0.1, -0.05) is 35.9 Å². The van der Waals surface area contributed by atoms with Gasteiger partial charge in [0.2, 0.25) is 0 Å². The van der Waals surface area contributed by atoms with E-state index < -0.39 is 10.0 Å². The van der Waals surface area contributed by atoms with Crippen LogP contribution >= 0.6 is 11.6 Å². The summed E-state index contributed by atoms with van der Waals surface area (Å²) in [7, 11) is -1.86. The van der Waals surface area contributed by atoms with Crippen LogP contribution in [0.2, 0.25) is 5.02 Å². The van der Waals surface area contributed by atoms with Crippen molar-refractivity contribution < 1.29 is 8.42 Å². The lowest BCUT2D eigenvalue weighted by Crippen LogP contribution is -2.14. The minimum absolute atomic E-state index is 0.0154. The van der Waals surface area contributed by atoms with Gasteiger partial charge in [-0.15, -0.1) is 0 Å². The van der Waals surface area contributed by atoms with Crippen LogP contribution in [0.25, 0.3) is 0 Å². The first-order chi connectivity index (χ1) is 8.99. The molecule has 19 heavy (non-hydrogen) atoms. The van der Waals surface area contributed by atoms with Gasteiger partial charge in [-0.3, -0.25) is 0 Å². The van der Waals surface area contributed by atoms with Crippen molar-refractivity contribution in [1.82, 2.24) is 4.90 Å². The number of rotatable bonds is 3. The molecule has 2 rings (SSSR count). The maximum atomic E-state index is 12.0. The van der Waals surface area contributed by atoms with E-state index in [-0.39, 0.29) is 9.92 Å². The molecular formula is C13H13ClN2O2S. The summed E-state index contributed by atoms with van der Waals surface area (Å²) in [4.78, 5) is 1.95. The van der Waals surface area contributed by atoms with Gasteiger partial charge in [0, 0.05) is 31.6 Å². The molecule has 0 aromatic heterocycles. The Labute approximate surface area is 117 Å². The molecule has 0 bridgehead atoms. The highest BCUT2D eigenvalue weighted by Gasteiger charge is 2.15. The average molecular weight is 297 g/mol. The molecule has 0 spiro atoms. The highest BCUT2D eigenvalue weighted by atomic mass is 35.5. The Morgan fingerprint density at radius 1 is 1.37 bits per heavy atom. The molecule has 1 heterocycles.